The van der Waals surface area contributed by atoms with E-state index in [1.807, 2.05) is 19.9 Å². The fourth-order valence-corrected chi connectivity index (χ4v) is 3.72. The summed E-state index contributed by atoms with van der Waals surface area (Å²) in [4.78, 5) is 13.1. The first kappa shape index (κ1) is 20.1. The van der Waals surface area contributed by atoms with Crippen LogP contribution in [0.15, 0.2) is 33.7 Å². The summed E-state index contributed by atoms with van der Waals surface area (Å²) in [6.07, 6.45) is 4.93. The predicted molar refractivity (Wildman–Crippen MR) is 97.5 cm³/mol. The van der Waals surface area contributed by atoms with Crippen LogP contribution in [0, 0.1) is 5.92 Å². The largest absolute Gasteiger partial charge is 0.339 e. The molecule has 0 unspecified atom stereocenters. The van der Waals surface area contributed by atoms with Gasteiger partial charge in [0.2, 0.25) is 15.9 Å². The van der Waals surface area contributed by atoms with E-state index in [1.165, 1.54) is 6.08 Å². The molecule has 5 nitrogen and oxygen atoms in total. The van der Waals surface area contributed by atoms with Gasteiger partial charge in [-0.2, -0.15) is 0 Å². The molecule has 0 aromatic carbocycles. The van der Waals surface area contributed by atoms with E-state index in [1.54, 1.807) is 11.8 Å². The zero-order valence-electron chi connectivity index (χ0n) is 13.9. The minimum atomic E-state index is -3.55. The maximum Gasteiger partial charge on any atom is 0.240 e. The van der Waals surface area contributed by atoms with E-state index >= 15 is 0 Å². The molecule has 1 heterocycles. The minimum Gasteiger partial charge on any atom is -0.339 e. The highest BCUT2D eigenvalue weighted by atomic mass is 79.9. The molecule has 1 saturated heterocycles. The standard InChI is InChI=1S/C16H25BrN2O3S/c1-12(2)5-7-18-23(21,22)13(3)9-16(17)10-15-6-8-19(11-15)14(4)20/h9-10,12,18H,3,5-8,11H2,1-2,4H3/b15-10-,16-9+. The molecule has 7 heteroatoms. The van der Waals surface area contributed by atoms with Crippen molar-refractivity contribution in [3.05, 3.63) is 33.7 Å². The Balaban J connectivity index is 2.66. The summed E-state index contributed by atoms with van der Waals surface area (Å²) < 4.78 is 27.3. The fourth-order valence-electron chi connectivity index (χ4n) is 2.11. The molecule has 0 spiro atoms. The average molecular weight is 405 g/mol. The molecule has 1 aliphatic rings. The van der Waals surface area contributed by atoms with Crippen LogP contribution >= 0.6 is 15.9 Å². The molecule has 0 aromatic heterocycles. The van der Waals surface area contributed by atoms with Crippen LogP contribution in [0.5, 0.6) is 0 Å². The van der Waals surface area contributed by atoms with Gasteiger partial charge in [0.05, 0.1) is 4.91 Å². The van der Waals surface area contributed by atoms with Gasteiger partial charge in [0.1, 0.15) is 0 Å². The number of nitrogens with zero attached hydrogens (tertiary/aromatic N) is 1. The number of hydrogen-bond acceptors (Lipinski definition) is 3. The second-order valence-corrected chi connectivity index (χ2v) is 8.80. The highest BCUT2D eigenvalue weighted by Gasteiger charge is 2.19. The number of hydrogen-bond donors (Lipinski definition) is 1. The third-order valence-corrected chi connectivity index (χ3v) is 5.39. The highest BCUT2D eigenvalue weighted by molar-refractivity contribution is 9.11. The molecule has 1 aliphatic heterocycles. The molecule has 0 radical (unpaired) electrons. The smallest absolute Gasteiger partial charge is 0.240 e. The number of halogens is 1. The van der Waals surface area contributed by atoms with Crippen LogP contribution in [0.1, 0.15) is 33.6 Å². The Morgan fingerprint density at radius 1 is 1.48 bits per heavy atom. The Hall–Kier alpha value is -0.920. The van der Waals surface area contributed by atoms with Crippen molar-refractivity contribution in [3.63, 3.8) is 0 Å². The Labute approximate surface area is 147 Å². The van der Waals surface area contributed by atoms with Crippen LogP contribution in [0.3, 0.4) is 0 Å². The summed E-state index contributed by atoms with van der Waals surface area (Å²) >= 11 is 3.36. The van der Waals surface area contributed by atoms with E-state index in [4.69, 9.17) is 0 Å². The Kier molecular flexibility index (Phi) is 7.70. The van der Waals surface area contributed by atoms with Crippen molar-refractivity contribution in [1.29, 1.82) is 0 Å². The van der Waals surface area contributed by atoms with Crippen molar-refractivity contribution >= 4 is 31.9 Å². The molecule has 0 saturated carbocycles. The van der Waals surface area contributed by atoms with Crippen LogP contribution in [0.4, 0.5) is 0 Å². The fraction of sp³-hybridized carbons (Fsp3) is 0.562. The van der Waals surface area contributed by atoms with Crippen molar-refractivity contribution < 1.29 is 13.2 Å². The lowest BCUT2D eigenvalue weighted by Crippen LogP contribution is -2.26. The van der Waals surface area contributed by atoms with Crippen LogP contribution in [-0.2, 0) is 14.8 Å². The number of allylic oxidation sites excluding steroid dienone is 3. The zero-order valence-corrected chi connectivity index (χ0v) is 16.3. The van der Waals surface area contributed by atoms with E-state index < -0.39 is 10.0 Å². The molecular formula is C16H25BrN2O3S. The van der Waals surface area contributed by atoms with Crippen molar-refractivity contribution in [3.8, 4) is 0 Å². The molecule has 0 atom stereocenters. The molecular weight excluding hydrogens is 380 g/mol. The maximum absolute atomic E-state index is 12.1. The van der Waals surface area contributed by atoms with Gasteiger partial charge in [-0.15, -0.1) is 0 Å². The van der Waals surface area contributed by atoms with E-state index in [-0.39, 0.29) is 10.8 Å². The van der Waals surface area contributed by atoms with Gasteiger partial charge in [0, 0.05) is 31.0 Å². The Morgan fingerprint density at radius 2 is 2.13 bits per heavy atom. The molecule has 1 N–H and O–H groups in total. The summed E-state index contributed by atoms with van der Waals surface area (Å²) in [5, 5.41) is 0. The van der Waals surface area contributed by atoms with E-state index in [0.717, 1.165) is 18.4 Å². The average Bonchev–Trinajstić information content (AvgIpc) is 2.86. The molecule has 1 rings (SSSR count). The predicted octanol–water partition coefficient (Wildman–Crippen LogP) is 2.92. The minimum absolute atomic E-state index is 0.0198. The molecule has 130 valence electrons. The SMILES string of the molecule is C=C(/C=C(Br)\C=C1\CCN(C(C)=O)C1)S(=O)(=O)NCCC(C)C. The van der Waals surface area contributed by atoms with Crippen molar-refractivity contribution in [2.24, 2.45) is 5.92 Å². The number of carbonyl (C=O) groups is 1. The lowest BCUT2D eigenvalue weighted by molar-refractivity contribution is -0.127. The monoisotopic (exact) mass is 404 g/mol. The zero-order chi connectivity index (χ0) is 17.6. The normalized spacial score (nSPS) is 18.0. The summed E-state index contributed by atoms with van der Waals surface area (Å²) in [5.74, 6) is 0.486. The van der Waals surface area contributed by atoms with Crippen molar-refractivity contribution in [2.75, 3.05) is 19.6 Å². The third-order valence-electron chi connectivity index (χ3n) is 3.54. The molecule has 1 amide bonds. The summed E-state index contributed by atoms with van der Waals surface area (Å²) in [6.45, 7) is 11.0. The van der Waals surface area contributed by atoms with Gasteiger partial charge < -0.3 is 4.90 Å². The van der Waals surface area contributed by atoms with Crippen LogP contribution in [-0.4, -0.2) is 38.9 Å². The van der Waals surface area contributed by atoms with Gasteiger partial charge in [-0.25, -0.2) is 13.1 Å². The first-order chi connectivity index (χ1) is 10.6. The molecule has 0 bridgehead atoms. The third kappa shape index (κ3) is 7.01. The second kappa shape index (κ2) is 8.80. The first-order valence-electron chi connectivity index (χ1n) is 7.62. The van der Waals surface area contributed by atoms with Gasteiger partial charge in [0.25, 0.3) is 0 Å². The Morgan fingerprint density at radius 3 is 2.65 bits per heavy atom. The maximum atomic E-state index is 12.1. The van der Waals surface area contributed by atoms with E-state index in [9.17, 15) is 13.2 Å². The molecule has 0 aromatic rings. The number of sulfonamides is 1. The molecule has 23 heavy (non-hydrogen) atoms. The number of amides is 1. The molecule has 0 aliphatic carbocycles. The number of rotatable bonds is 7. The van der Waals surface area contributed by atoms with Gasteiger partial charge >= 0.3 is 0 Å². The lowest BCUT2D eigenvalue weighted by Gasteiger charge is -2.10. The number of carbonyl (C=O) groups excluding carboxylic acids is 1. The van der Waals surface area contributed by atoms with Crippen LogP contribution in [0.25, 0.3) is 0 Å². The van der Waals surface area contributed by atoms with E-state index in [2.05, 4.69) is 27.2 Å². The van der Waals surface area contributed by atoms with Gasteiger partial charge in [-0.3, -0.25) is 4.79 Å². The quantitative estimate of drug-likeness (QED) is 0.663. The van der Waals surface area contributed by atoms with Crippen molar-refractivity contribution in [1.82, 2.24) is 9.62 Å². The first-order valence-corrected chi connectivity index (χ1v) is 9.90. The topological polar surface area (TPSA) is 66.5 Å². The summed E-state index contributed by atoms with van der Waals surface area (Å²) in [5.41, 5.74) is 1.08. The summed E-state index contributed by atoms with van der Waals surface area (Å²) in [7, 11) is -3.55. The van der Waals surface area contributed by atoms with Gasteiger partial charge in [-0.05, 0) is 36.5 Å². The number of nitrogens with one attached hydrogen (secondary N) is 1. The van der Waals surface area contributed by atoms with Gasteiger partial charge in [-0.1, -0.05) is 36.4 Å². The lowest BCUT2D eigenvalue weighted by atomic mass is 10.1. The number of likely N-dealkylation sites (tertiary alicyclic amines) is 1. The second-order valence-electron chi connectivity index (χ2n) is 6.07. The van der Waals surface area contributed by atoms with Gasteiger partial charge in [0.15, 0.2) is 0 Å². The van der Waals surface area contributed by atoms with Crippen LogP contribution in [0.2, 0.25) is 0 Å². The molecule has 1 fully saturated rings. The Bertz CT molecular complexity index is 621. The van der Waals surface area contributed by atoms with E-state index in [0.29, 0.717) is 30.0 Å². The summed E-state index contributed by atoms with van der Waals surface area (Å²) in [6, 6.07) is 0. The van der Waals surface area contributed by atoms with Crippen molar-refractivity contribution in [2.45, 2.75) is 33.6 Å². The highest BCUT2D eigenvalue weighted by Crippen LogP contribution is 2.21. The van der Waals surface area contributed by atoms with Crippen LogP contribution < -0.4 is 4.72 Å².